The quantitative estimate of drug-likeness (QED) is 0.588. The molecule has 1 saturated heterocycles. The predicted octanol–water partition coefficient (Wildman–Crippen LogP) is 3.76. The van der Waals surface area contributed by atoms with Crippen LogP contribution in [0, 0.1) is 0 Å². The van der Waals surface area contributed by atoms with Crippen molar-refractivity contribution in [3.8, 4) is 17.2 Å². The third-order valence-corrected chi connectivity index (χ3v) is 8.38. The summed E-state index contributed by atoms with van der Waals surface area (Å²) in [5.41, 5.74) is 0.333. The fourth-order valence-electron chi connectivity index (χ4n) is 3.77. The summed E-state index contributed by atoms with van der Waals surface area (Å²) in [5.74, 6) is 1.67. The molecule has 1 amide bonds. The van der Waals surface area contributed by atoms with Gasteiger partial charge >= 0.3 is 0 Å². The number of nitrogens with zero attached hydrogens (tertiary/aromatic N) is 1. The van der Waals surface area contributed by atoms with Crippen molar-refractivity contribution in [3.05, 3.63) is 36.4 Å². The zero-order valence-corrected chi connectivity index (χ0v) is 20.2. The van der Waals surface area contributed by atoms with Crippen LogP contribution in [0.3, 0.4) is 0 Å². The van der Waals surface area contributed by atoms with Crippen LogP contribution >= 0.6 is 11.8 Å². The van der Waals surface area contributed by atoms with Gasteiger partial charge < -0.3 is 19.5 Å². The van der Waals surface area contributed by atoms with Crippen LogP contribution in [0.2, 0.25) is 0 Å². The lowest BCUT2D eigenvalue weighted by molar-refractivity contribution is -0.113. The number of anilines is 1. The van der Waals surface area contributed by atoms with Gasteiger partial charge in [-0.05, 0) is 49.2 Å². The van der Waals surface area contributed by atoms with Gasteiger partial charge in [0, 0.05) is 24.4 Å². The minimum Gasteiger partial charge on any atom is -0.495 e. The average molecular weight is 493 g/mol. The summed E-state index contributed by atoms with van der Waals surface area (Å²) in [7, 11) is -2.13. The first-order valence-electron chi connectivity index (χ1n) is 11.0. The second-order valence-electron chi connectivity index (χ2n) is 7.82. The van der Waals surface area contributed by atoms with Crippen LogP contribution in [-0.4, -0.2) is 57.8 Å². The minimum absolute atomic E-state index is 0.145. The molecule has 0 saturated carbocycles. The molecule has 2 aliphatic rings. The van der Waals surface area contributed by atoms with Crippen molar-refractivity contribution < 1.29 is 27.4 Å². The Labute approximate surface area is 198 Å². The Balaban J connectivity index is 1.44. The Hall–Kier alpha value is -2.43. The third kappa shape index (κ3) is 5.74. The number of ether oxygens (including phenoxy) is 3. The highest BCUT2D eigenvalue weighted by Gasteiger charge is 2.27. The number of hydrogen-bond donors (Lipinski definition) is 1. The molecule has 2 aliphatic heterocycles. The van der Waals surface area contributed by atoms with E-state index in [1.807, 2.05) is 18.2 Å². The van der Waals surface area contributed by atoms with Crippen molar-refractivity contribution >= 4 is 33.4 Å². The fourth-order valence-corrected chi connectivity index (χ4v) is 6.04. The van der Waals surface area contributed by atoms with E-state index in [1.165, 1.54) is 35.3 Å². The number of rotatable bonds is 7. The standard InChI is InChI=1S/C23H28N2O6S2/c1-29-20-9-7-18(33(27,28)25-10-3-2-4-11-25)15-19(20)24-23(26)16-32-17-6-8-21-22(14-17)31-13-5-12-30-21/h6-9,14-15H,2-5,10-13,16H2,1H3,(H,24,26). The van der Waals surface area contributed by atoms with Crippen LogP contribution in [0.15, 0.2) is 46.2 Å². The molecule has 178 valence electrons. The van der Waals surface area contributed by atoms with Crippen LogP contribution in [-0.2, 0) is 14.8 Å². The largest absolute Gasteiger partial charge is 0.495 e. The summed E-state index contributed by atoms with van der Waals surface area (Å²) in [5, 5.41) is 2.80. The molecule has 1 fully saturated rings. The molecular formula is C23H28N2O6S2. The number of piperidine rings is 1. The van der Waals surface area contributed by atoms with Crippen LogP contribution in [0.4, 0.5) is 5.69 Å². The molecule has 0 aromatic heterocycles. The molecule has 0 unspecified atom stereocenters. The first-order chi connectivity index (χ1) is 16.0. The maximum atomic E-state index is 13.0. The van der Waals surface area contributed by atoms with Gasteiger partial charge in [0.15, 0.2) is 11.5 Å². The van der Waals surface area contributed by atoms with Gasteiger partial charge in [-0.25, -0.2) is 8.42 Å². The van der Waals surface area contributed by atoms with Gasteiger partial charge in [-0.2, -0.15) is 4.31 Å². The molecular weight excluding hydrogens is 464 g/mol. The first-order valence-corrected chi connectivity index (χ1v) is 13.4. The number of carbonyl (C=O) groups is 1. The molecule has 0 radical (unpaired) electrons. The first kappa shape index (κ1) is 23.7. The van der Waals surface area contributed by atoms with E-state index in [2.05, 4.69) is 5.32 Å². The van der Waals surface area contributed by atoms with Gasteiger partial charge in [-0.15, -0.1) is 11.8 Å². The summed E-state index contributed by atoms with van der Waals surface area (Å²) in [6, 6.07) is 10.2. The third-order valence-electron chi connectivity index (χ3n) is 5.49. The lowest BCUT2D eigenvalue weighted by atomic mass is 10.2. The topological polar surface area (TPSA) is 94.2 Å². The summed E-state index contributed by atoms with van der Waals surface area (Å²) in [6.45, 7) is 2.25. The highest BCUT2D eigenvalue weighted by molar-refractivity contribution is 8.00. The summed E-state index contributed by atoms with van der Waals surface area (Å²) in [4.78, 5) is 13.7. The average Bonchev–Trinajstić information content (AvgIpc) is 3.08. The molecule has 0 aliphatic carbocycles. The summed E-state index contributed by atoms with van der Waals surface area (Å²) < 4.78 is 44.2. The minimum atomic E-state index is -3.62. The molecule has 0 spiro atoms. The highest BCUT2D eigenvalue weighted by atomic mass is 32.2. The summed E-state index contributed by atoms with van der Waals surface area (Å²) in [6.07, 6.45) is 3.58. The number of sulfonamides is 1. The molecule has 4 rings (SSSR count). The number of nitrogens with one attached hydrogen (secondary N) is 1. The van der Waals surface area contributed by atoms with Crippen molar-refractivity contribution in [2.45, 2.75) is 35.5 Å². The molecule has 2 heterocycles. The molecule has 2 aromatic carbocycles. The van der Waals surface area contributed by atoms with E-state index in [4.69, 9.17) is 14.2 Å². The maximum absolute atomic E-state index is 13.0. The van der Waals surface area contributed by atoms with E-state index >= 15 is 0 Å². The molecule has 0 atom stereocenters. The van der Waals surface area contributed by atoms with Crippen molar-refractivity contribution in [2.75, 3.05) is 44.5 Å². The van der Waals surface area contributed by atoms with Crippen molar-refractivity contribution in [1.82, 2.24) is 4.31 Å². The molecule has 8 nitrogen and oxygen atoms in total. The van der Waals surface area contributed by atoms with Crippen LogP contribution < -0.4 is 19.5 Å². The number of carbonyl (C=O) groups excluding carboxylic acids is 1. The summed E-state index contributed by atoms with van der Waals surface area (Å²) >= 11 is 1.36. The predicted molar refractivity (Wildman–Crippen MR) is 127 cm³/mol. The van der Waals surface area contributed by atoms with Crippen molar-refractivity contribution in [3.63, 3.8) is 0 Å². The van der Waals surface area contributed by atoms with E-state index in [0.717, 1.165) is 30.6 Å². The van der Waals surface area contributed by atoms with Crippen molar-refractivity contribution in [2.24, 2.45) is 0 Å². The Morgan fingerprint density at radius 3 is 2.55 bits per heavy atom. The molecule has 10 heteroatoms. The number of amides is 1. The number of thioether (sulfide) groups is 1. The Morgan fingerprint density at radius 2 is 1.79 bits per heavy atom. The molecule has 0 bridgehead atoms. The monoisotopic (exact) mass is 492 g/mol. The molecule has 33 heavy (non-hydrogen) atoms. The van der Waals surface area contributed by atoms with E-state index < -0.39 is 10.0 Å². The van der Waals surface area contributed by atoms with Gasteiger partial charge in [-0.1, -0.05) is 6.42 Å². The molecule has 2 aromatic rings. The number of benzene rings is 2. The Kier molecular flexibility index (Phi) is 7.67. The lowest BCUT2D eigenvalue weighted by Gasteiger charge is -2.26. The van der Waals surface area contributed by atoms with Crippen LogP contribution in [0.1, 0.15) is 25.7 Å². The second kappa shape index (κ2) is 10.7. The van der Waals surface area contributed by atoms with Gasteiger partial charge in [0.2, 0.25) is 15.9 Å². The normalized spacial score (nSPS) is 16.6. The molecule has 1 N–H and O–H groups in total. The van der Waals surface area contributed by atoms with Crippen molar-refractivity contribution in [1.29, 1.82) is 0 Å². The smallest absolute Gasteiger partial charge is 0.243 e. The second-order valence-corrected chi connectivity index (χ2v) is 10.8. The van der Waals surface area contributed by atoms with E-state index in [-0.39, 0.29) is 16.6 Å². The van der Waals surface area contributed by atoms with Crippen LogP contribution in [0.5, 0.6) is 17.2 Å². The van der Waals surface area contributed by atoms with Gasteiger partial charge in [-0.3, -0.25) is 4.79 Å². The zero-order valence-electron chi connectivity index (χ0n) is 18.5. The fraction of sp³-hybridized carbons (Fsp3) is 0.435. The van der Waals surface area contributed by atoms with Gasteiger partial charge in [0.25, 0.3) is 0 Å². The van der Waals surface area contributed by atoms with Crippen LogP contribution in [0.25, 0.3) is 0 Å². The Bertz CT molecular complexity index is 1100. The number of fused-ring (bicyclic) bond motifs is 1. The zero-order chi connectivity index (χ0) is 23.3. The van der Waals surface area contributed by atoms with E-state index in [9.17, 15) is 13.2 Å². The lowest BCUT2D eigenvalue weighted by Crippen LogP contribution is -2.35. The maximum Gasteiger partial charge on any atom is 0.243 e. The highest BCUT2D eigenvalue weighted by Crippen LogP contribution is 2.34. The Morgan fingerprint density at radius 1 is 1.03 bits per heavy atom. The van der Waals surface area contributed by atoms with E-state index in [0.29, 0.717) is 49.2 Å². The SMILES string of the molecule is COc1ccc(S(=O)(=O)N2CCCCC2)cc1NC(=O)CSc1ccc2c(c1)OCCCO2. The van der Waals surface area contributed by atoms with Gasteiger partial charge in [0.05, 0.1) is 36.7 Å². The van der Waals surface area contributed by atoms with E-state index in [1.54, 1.807) is 6.07 Å². The van der Waals surface area contributed by atoms with Gasteiger partial charge in [0.1, 0.15) is 5.75 Å². The number of methoxy groups -OCH3 is 1. The number of hydrogen-bond acceptors (Lipinski definition) is 7.